The molecule has 15 heavy (non-hydrogen) atoms. The van der Waals surface area contributed by atoms with E-state index in [0.717, 1.165) is 0 Å². The molecular formula is C7H9BrN4O2S. The smallest absolute Gasteiger partial charge is 0.285 e. The van der Waals surface area contributed by atoms with Crippen molar-refractivity contribution in [2.45, 2.75) is 4.90 Å². The van der Waals surface area contributed by atoms with E-state index in [-0.39, 0.29) is 4.90 Å². The zero-order chi connectivity index (χ0) is 11.6. The maximum Gasteiger partial charge on any atom is 0.285 e. The number of hydrogen-bond acceptors (Lipinski definition) is 3. The van der Waals surface area contributed by atoms with Crippen molar-refractivity contribution in [3.05, 3.63) is 22.7 Å². The molecule has 0 aliphatic carbocycles. The Balaban J connectivity index is 3.29. The highest BCUT2D eigenvalue weighted by Gasteiger charge is 2.13. The largest absolute Gasteiger partial charge is 0.398 e. The molecule has 0 fully saturated rings. The molecule has 0 amide bonds. The third kappa shape index (κ3) is 2.83. The van der Waals surface area contributed by atoms with E-state index < -0.39 is 16.0 Å². The summed E-state index contributed by atoms with van der Waals surface area (Å²) in [4.78, 5) is -0.0587. The molecule has 0 radical (unpaired) electrons. The lowest BCUT2D eigenvalue weighted by molar-refractivity contribution is 0.598. The third-order valence-corrected chi connectivity index (χ3v) is 3.51. The average molecular weight is 293 g/mol. The lowest BCUT2D eigenvalue weighted by Gasteiger charge is -2.02. The minimum absolute atomic E-state index is 0.0587. The summed E-state index contributed by atoms with van der Waals surface area (Å²) in [5.41, 5.74) is 15.8. The zero-order valence-corrected chi connectivity index (χ0v) is 9.92. The second-order valence-corrected chi connectivity index (χ2v) is 5.13. The molecule has 6 N–H and O–H groups in total. The van der Waals surface area contributed by atoms with Gasteiger partial charge in [0.1, 0.15) is 0 Å². The lowest BCUT2D eigenvalue weighted by Crippen LogP contribution is -2.24. The maximum absolute atomic E-state index is 11.5. The van der Waals surface area contributed by atoms with Gasteiger partial charge in [-0.05, 0) is 34.1 Å². The molecule has 1 aromatic carbocycles. The van der Waals surface area contributed by atoms with Gasteiger partial charge in [-0.1, -0.05) is 0 Å². The Hall–Kier alpha value is -1.28. The van der Waals surface area contributed by atoms with Crippen molar-refractivity contribution >= 4 is 37.6 Å². The summed E-state index contributed by atoms with van der Waals surface area (Å²) in [6.07, 6.45) is 0. The molecule has 82 valence electrons. The van der Waals surface area contributed by atoms with E-state index in [1.807, 2.05) is 0 Å². The van der Waals surface area contributed by atoms with Crippen molar-refractivity contribution in [1.82, 2.24) is 0 Å². The minimum Gasteiger partial charge on any atom is -0.398 e. The van der Waals surface area contributed by atoms with Crippen LogP contribution in [0.5, 0.6) is 0 Å². The first-order valence-corrected chi connectivity index (χ1v) is 5.97. The van der Waals surface area contributed by atoms with Crippen LogP contribution in [0.4, 0.5) is 5.69 Å². The second kappa shape index (κ2) is 4.07. The first kappa shape index (κ1) is 11.8. The molecule has 0 unspecified atom stereocenters. The van der Waals surface area contributed by atoms with Crippen LogP contribution >= 0.6 is 15.9 Å². The van der Waals surface area contributed by atoms with Crippen LogP contribution in [0.25, 0.3) is 0 Å². The van der Waals surface area contributed by atoms with Gasteiger partial charge in [-0.25, -0.2) is 0 Å². The predicted octanol–water partition coefficient (Wildman–Crippen LogP) is -0.00660. The Morgan fingerprint density at radius 2 is 1.93 bits per heavy atom. The van der Waals surface area contributed by atoms with Gasteiger partial charge >= 0.3 is 0 Å². The van der Waals surface area contributed by atoms with Gasteiger partial charge in [-0.15, -0.1) is 4.40 Å². The van der Waals surface area contributed by atoms with Gasteiger partial charge < -0.3 is 17.2 Å². The summed E-state index contributed by atoms with van der Waals surface area (Å²) < 4.78 is 26.7. The SMILES string of the molecule is NC(N)=NS(=O)(=O)c1ccc(Br)c(N)c1. The number of anilines is 1. The first-order chi connectivity index (χ1) is 6.83. The van der Waals surface area contributed by atoms with E-state index in [4.69, 9.17) is 17.2 Å². The summed E-state index contributed by atoms with van der Waals surface area (Å²) in [6, 6.07) is 4.12. The molecular weight excluding hydrogens is 284 g/mol. The van der Waals surface area contributed by atoms with Crippen LogP contribution in [0.3, 0.4) is 0 Å². The van der Waals surface area contributed by atoms with Crippen LogP contribution < -0.4 is 17.2 Å². The fraction of sp³-hybridized carbons (Fsp3) is 0. The Kier molecular flexibility index (Phi) is 3.20. The lowest BCUT2D eigenvalue weighted by atomic mass is 10.3. The molecule has 8 heteroatoms. The van der Waals surface area contributed by atoms with Crippen molar-refractivity contribution in [2.75, 3.05) is 5.73 Å². The molecule has 0 aromatic heterocycles. The monoisotopic (exact) mass is 292 g/mol. The Bertz CT molecular complexity index is 508. The highest BCUT2D eigenvalue weighted by atomic mass is 79.9. The number of guanidine groups is 1. The molecule has 1 aromatic rings. The molecule has 0 bridgehead atoms. The van der Waals surface area contributed by atoms with Crippen LogP contribution in [-0.4, -0.2) is 14.4 Å². The molecule has 6 nitrogen and oxygen atoms in total. The number of rotatable bonds is 2. The average Bonchev–Trinajstić information content (AvgIpc) is 2.07. The third-order valence-electron chi connectivity index (χ3n) is 1.49. The van der Waals surface area contributed by atoms with Crippen molar-refractivity contribution in [3.8, 4) is 0 Å². The van der Waals surface area contributed by atoms with E-state index in [1.165, 1.54) is 18.2 Å². The second-order valence-electron chi connectivity index (χ2n) is 2.67. The Labute approximate surface area is 95.3 Å². The Morgan fingerprint density at radius 1 is 1.33 bits per heavy atom. The number of nitrogens with two attached hydrogens (primary N) is 3. The Morgan fingerprint density at radius 3 is 2.40 bits per heavy atom. The number of nitrogen functional groups attached to an aromatic ring is 1. The molecule has 0 atom stereocenters. The van der Waals surface area contributed by atoms with Crippen molar-refractivity contribution in [3.63, 3.8) is 0 Å². The van der Waals surface area contributed by atoms with Gasteiger partial charge in [-0.2, -0.15) is 8.42 Å². The van der Waals surface area contributed by atoms with Crippen LogP contribution in [-0.2, 0) is 10.0 Å². The first-order valence-electron chi connectivity index (χ1n) is 3.74. The van der Waals surface area contributed by atoms with Gasteiger partial charge in [0, 0.05) is 10.2 Å². The van der Waals surface area contributed by atoms with E-state index in [9.17, 15) is 8.42 Å². The molecule has 1 rings (SSSR count). The van der Waals surface area contributed by atoms with Gasteiger partial charge in [0.2, 0.25) is 5.96 Å². The zero-order valence-electron chi connectivity index (χ0n) is 7.51. The van der Waals surface area contributed by atoms with Gasteiger partial charge in [0.05, 0.1) is 4.90 Å². The normalized spacial score (nSPS) is 11.0. The maximum atomic E-state index is 11.5. The summed E-state index contributed by atoms with van der Waals surface area (Å²) in [7, 11) is -3.86. The van der Waals surface area contributed by atoms with E-state index in [1.54, 1.807) is 0 Å². The molecule has 0 saturated heterocycles. The fourth-order valence-corrected chi connectivity index (χ4v) is 2.02. The number of hydrogen-bond donors (Lipinski definition) is 3. The summed E-state index contributed by atoms with van der Waals surface area (Å²) in [6.45, 7) is 0. The van der Waals surface area contributed by atoms with Crippen LogP contribution in [0.15, 0.2) is 32.0 Å². The molecule has 0 heterocycles. The topological polar surface area (TPSA) is 125 Å². The van der Waals surface area contributed by atoms with Crippen molar-refractivity contribution in [2.24, 2.45) is 15.9 Å². The van der Waals surface area contributed by atoms with Crippen LogP contribution in [0, 0.1) is 0 Å². The number of halogens is 1. The van der Waals surface area contributed by atoms with E-state index in [2.05, 4.69) is 20.3 Å². The van der Waals surface area contributed by atoms with E-state index >= 15 is 0 Å². The van der Waals surface area contributed by atoms with Crippen LogP contribution in [0.2, 0.25) is 0 Å². The predicted molar refractivity (Wildman–Crippen MR) is 61.5 cm³/mol. The molecule has 0 saturated carbocycles. The van der Waals surface area contributed by atoms with Crippen molar-refractivity contribution < 1.29 is 8.42 Å². The summed E-state index contributed by atoms with van der Waals surface area (Å²) in [5.74, 6) is -0.517. The fourth-order valence-electron chi connectivity index (χ4n) is 0.874. The van der Waals surface area contributed by atoms with Gasteiger partial charge in [0.25, 0.3) is 10.0 Å². The summed E-state index contributed by atoms with van der Waals surface area (Å²) >= 11 is 3.14. The standard InChI is InChI=1S/C7H9BrN4O2S/c8-5-2-1-4(3-6(5)9)15(13,14)12-7(10)11/h1-3H,9H2,(H4,10,11,12). The van der Waals surface area contributed by atoms with E-state index in [0.29, 0.717) is 10.2 Å². The number of benzene rings is 1. The van der Waals surface area contributed by atoms with Crippen LogP contribution in [0.1, 0.15) is 0 Å². The van der Waals surface area contributed by atoms with Gasteiger partial charge in [0.15, 0.2) is 0 Å². The quantitative estimate of drug-likeness (QED) is 0.402. The van der Waals surface area contributed by atoms with Crippen molar-refractivity contribution in [1.29, 1.82) is 0 Å². The van der Waals surface area contributed by atoms with Gasteiger partial charge in [-0.3, -0.25) is 0 Å². The molecule has 0 aliphatic heterocycles. The molecule has 0 aliphatic rings. The summed E-state index contributed by atoms with van der Waals surface area (Å²) in [5, 5.41) is 0. The molecule has 0 spiro atoms. The number of sulfonamides is 1. The minimum atomic E-state index is -3.86. The highest BCUT2D eigenvalue weighted by Crippen LogP contribution is 2.23. The highest BCUT2D eigenvalue weighted by molar-refractivity contribution is 9.10. The number of nitrogens with zero attached hydrogens (tertiary/aromatic N) is 1.